The molecule has 33 heavy (non-hydrogen) atoms. The minimum Gasteiger partial charge on any atom is -0.510 e. The molecular formula is C27H26N4OPd-4. The summed E-state index contributed by atoms with van der Waals surface area (Å²) < 4.78 is 28.8. The van der Waals surface area contributed by atoms with E-state index in [9.17, 15) is 0 Å². The van der Waals surface area contributed by atoms with Gasteiger partial charge in [-0.05, 0) is 51.9 Å². The molecule has 0 radical (unpaired) electrons. The van der Waals surface area contributed by atoms with Crippen molar-refractivity contribution in [3.05, 3.63) is 104 Å². The Morgan fingerprint density at radius 1 is 0.879 bits per heavy atom. The van der Waals surface area contributed by atoms with Gasteiger partial charge in [0.15, 0.2) is 0 Å². The summed E-state index contributed by atoms with van der Waals surface area (Å²) in [4.78, 5) is 7.17. The van der Waals surface area contributed by atoms with E-state index >= 15 is 0 Å². The molecule has 2 aliphatic rings. The van der Waals surface area contributed by atoms with E-state index in [0.717, 1.165) is 11.4 Å². The number of hydrogen-bond donors (Lipinski definition) is 0. The van der Waals surface area contributed by atoms with Crippen LogP contribution in [0.2, 0.25) is 0 Å². The quantitative estimate of drug-likeness (QED) is 0.310. The predicted molar refractivity (Wildman–Crippen MR) is 128 cm³/mol. The zero-order valence-electron chi connectivity index (χ0n) is 21.6. The van der Waals surface area contributed by atoms with Crippen LogP contribution < -0.4 is 14.5 Å². The van der Waals surface area contributed by atoms with E-state index < -0.39 is 6.98 Å². The van der Waals surface area contributed by atoms with Crippen LogP contribution >= 0.6 is 0 Å². The SMILES string of the molecule is [2H]C([2H])([2H])N1C=CN(c2[c-]c(Oc3[c-]c(N4[CH-]N(C)C(C)(C)c5ccccc54)ccc3)ccc2)[CH-]1.[Pd]. The van der Waals surface area contributed by atoms with E-state index in [-0.39, 0.29) is 26.0 Å². The summed E-state index contributed by atoms with van der Waals surface area (Å²) in [6.07, 6.45) is 3.19. The van der Waals surface area contributed by atoms with Crippen LogP contribution in [0, 0.1) is 25.5 Å². The fourth-order valence-corrected chi connectivity index (χ4v) is 3.86. The van der Waals surface area contributed by atoms with Crippen LogP contribution in [0.1, 0.15) is 23.5 Å². The molecule has 5 rings (SSSR count). The van der Waals surface area contributed by atoms with Crippen LogP contribution in [0.25, 0.3) is 0 Å². The molecule has 0 atom stereocenters. The van der Waals surface area contributed by atoms with Crippen molar-refractivity contribution in [2.24, 2.45) is 0 Å². The summed E-state index contributed by atoms with van der Waals surface area (Å²) in [5.41, 5.74) is 3.73. The maximum atomic E-state index is 7.56. The maximum Gasteiger partial charge on any atom is 0.0429 e. The third-order valence-corrected chi connectivity index (χ3v) is 5.89. The van der Waals surface area contributed by atoms with E-state index in [2.05, 4.69) is 67.7 Å². The summed E-state index contributed by atoms with van der Waals surface area (Å²) >= 11 is 0. The molecule has 3 aromatic rings. The molecule has 6 heteroatoms. The second-order valence-electron chi connectivity index (χ2n) is 8.30. The summed E-state index contributed by atoms with van der Waals surface area (Å²) in [6.45, 7) is 5.77. The van der Waals surface area contributed by atoms with Crippen molar-refractivity contribution in [1.82, 2.24) is 9.80 Å². The van der Waals surface area contributed by atoms with Gasteiger partial charge in [-0.2, -0.15) is 25.5 Å². The first-order valence-corrected chi connectivity index (χ1v) is 10.4. The van der Waals surface area contributed by atoms with E-state index in [0.29, 0.717) is 17.2 Å². The minimum atomic E-state index is -2.23. The van der Waals surface area contributed by atoms with Crippen molar-refractivity contribution in [1.29, 1.82) is 0 Å². The van der Waals surface area contributed by atoms with E-state index in [1.54, 1.807) is 11.1 Å². The Morgan fingerprint density at radius 3 is 2.30 bits per heavy atom. The van der Waals surface area contributed by atoms with Crippen LogP contribution in [0.15, 0.2) is 73.1 Å². The largest absolute Gasteiger partial charge is 0.510 e. The molecule has 0 fully saturated rings. The summed E-state index contributed by atoms with van der Waals surface area (Å²) in [7, 11) is 2.07. The van der Waals surface area contributed by atoms with Gasteiger partial charge in [0.1, 0.15) is 0 Å². The number of para-hydroxylation sites is 1. The number of rotatable bonds is 4. The monoisotopic (exact) mass is 531 g/mol. The van der Waals surface area contributed by atoms with Gasteiger partial charge in [-0.25, -0.2) is 0 Å². The molecule has 3 aromatic carbocycles. The van der Waals surface area contributed by atoms with Crippen molar-refractivity contribution in [3.8, 4) is 11.5 Å². The number of ether oxygens (including phenoxy) is 1. The molecule has 5 nitrogen and oxygen atoms in total. The van der Waals surface area contributed by atoms with Gasteiger partial charge in [-0.15, -0.1) is 47.8 Å². The zero-order chi connectivity index (χ0) is 24.8. The Labute approximate surface area is 214 Å². The number of nitrogens with zero attached hydrogens (tertiary/aromatic N) is 4. The first-order chi connectivity index (χ1) is 16.6. The first kappa shape index (κ1) is 19.7. The average molecular weight is 532 g/mol. The molecule has 0 aromatic heterocycles. The molecule has 0 unspecified atom stereocenters. The van der Waals surface area contributed by atoms with E-state index in [4.69, 9.17) is 8.85 Å². The van der Waals surface area contributed by atoms with Crippen LogP contribution in [0.5, 0.6) is 11.5 Å². The third-order valence-electron chi connectivity index (χ3n) is 5.89. The molecule has 0 saturated heterocycles. The van der Waals surface area contributed by atoms with Gasteiger partial charge in [0.25, 0.3) is 0 Å². The van der Waals surface area contributed by atoms with E-state index in [1.165, 1.54) is 23.3 Å². The second-order valence-corrected chi connectivity index (χ2v) is 8.30. The smallest absolute Gasteiger partial charge is 0.0429 e. The predicted octanol–water partition coefficient (Wildman–Crippen LogP) is 5.86. The maximum absolute atomic E-state index is 7.56. The summed E-state index contributed by atoms with van der Waals surface area (Å²) in [5, 5.41) is 0. The van der Waals surface area contributed by atoms with Gasteiger partial charge in [-0.1, -0.05) is 18.2 Å². The minimum absolute atomic E-state index is 0. The Balaban J connectivity index is 0.00000304. The van der Waals surface area contributed by atoms with Crippen molar-refractivity contribution in [2.45, 2.75) is 19.4 Å². The molecule has 174 valence electrons. The molecule has 2 aliphatic heterocycles. The molecule has 0 spiro atoms. The molecule has 0 bridgehead atoms. The molecule has 0 amide bonds. The molecule has 0 aliphatic carbocycles. The van der Waals surface area contributed by atoms with Gasteiger partial charge in [-0.3, -0.25) is 0 Å². The topological polar surface area (TPSA) is 22.2 Å². The van der Waals surface area contributed by atoms with Gasteiger partial charge in [0.05, 0.1) is 0 Å². The molecular weight excluding hydrogens is 503 g/mol. The second kappa shape index (κ2) is 9.23. The Kier molecular flexibility index (Phi) is 5.50. The summed E-state index contributed by atoms with van der Waals surface area (Å²) in [5.74, 6) is 1.06. The van der Waals surface area contributed by atoms with Crippen LogP contribution in [0.4, 0.5) is 17.1 Å². The number of fused-ring (bicyclic) bond motifs is 1. The molecule has 2 heterocycles. The molecule has 0 N–H and O–H groups in total. The Hall–Kier alpha value is -2.78. The number of hydrogen-bond acceptors (Lipinski definition) is 5. The van der Waals surface area contributed by atoms with Crippen LogP contribution in [0.3, 0.4) is 0 Å². The first-order valence-electron chi connectivity index (χ1n) is 11.9. The van der Waals surface area contributed by atoms with Gasteiger partial charge >= 0.3 is 0 Å². The van der Waals surface area contributed by atoms with Crippen molar-refractivity contribution < 1.29 is 29.3 Å². The normalized spacial score (nSPS) is 18.8. The Bertz CT molecular complexity index is 1260. The number of anilines is 3. The fraction of sp³-hybridized carbons (Fsp3) is 0.185. The zero-order valence-corrected chi connectivity index (χ0v) is 20.2. The van der Waals surface area contributed by atoms with Crippen molar-refractivity contribution >= 4 is 17.1 Å². The summed E-state index contributed by atoms with van der Waals surface area (Å²) in [6, 6.07) is 26.2. The van der Waals surface area contributed by atoms with Crippen molar-refractivity contribution in [2.75, 3.05) is 23.8 Å². The average Bonchev–Trinajstić information content (AvgIpc) is 3.33. The Morgan fingerprint density at radius 2 is 1.58 bits per heavy atom. The van der Waals surface area contributed by atoms with Crippen molar-refractivity contribution in [3.63, 3.8) is 0 Å². The van der Waals surface area contributed by atoms with Crippen LogP contribution in [-0.2, 0) is 26.0 Å². The standard InChI is InChI=1S/C27H26N4O.Pd/c1-27(2)25-13-5-6-14-26(25)31(20-29(27)4)22-10-8-12-24(18-22)32-23-11-7-9-21(17-23)30-16-15-28(3)19-30;/h5-16,19-20H,1-4H3;/q-4;/i3D3;. The van der Waals surface area contributed by atoms with Gasteiger partial charge in [0, 0.05) is 47.3 Å². The van der Waals surface area contributed by atoms with Crippen LogP contribution in [-0.4, -0.2) is 23.8 Å². The number of benzene rings is 3. The van der Waals surface area contributed by atoms with Gasteiger partial charge < -0.3 is 24.3 Å². The third kappa shape index (κ3) is 4.52. The van der Waals surface area contributed by atoms with E-state index in [1.807, 2.05) is 42.5 Å². The molecule has 0 saturated carbocycles. The van der Waals surface area contributed by atoms with Gasteiger partial charge in [0.2, 0.25) is 0 Å². The fourth-order valence-electron chi connectivity index (χ4n) is 3.86.